The van der Waals surface area contributed by atoms with Crippen LogP contribution in [0.25, 0.3) is 0 Å². The average molecular weight is 485 g/mol. The number of anilines is 2. The van der Waals surface area contributed by atoms with E-state index >= 15 is 0 Å². The van der Waals surface area contributed by atoms with E-state index in [0.717, 1.165) is 34.1 Å². The normalized spacial score (nSPS) is 12.0. The molecule has 3 rings (SSSR count). The van der Waals surface area contributed by atoms with Crippen LogP contribution in [0.5, 0.6) is 0 Å². The summed E-state index contributed by atoms with van der Waals surface area (Å²) in [5.74, 6) is -1.13. The zero-order valence-corrected chi connectivity index (χ0v) is 18.6. The van der Waals surface area contributed by atoms with Gasteiger partial charge in [-0.05, 0) is 37.4 Å². The second-order valence-corrected chi connectivity index (χ2v) is 9.47. The van der Waals surface area contributed by atoms with Gasteiger partial charge in [0.05, 0.1) is 16.1 Å². The van der Waals surface area contributed by atoms with E-state index in [1.165, 1.54) is 24.3 Å². The lowest BCUT2D eigenvalue weighted by Gasteiger charge is -2.13. The van der Waals surface area contributed by atoms with Crippen LogP contribution in [0.3, 0.4) is 0 Å². The molecule has 0 saturated carbocycles. The molecule has 0 aliphatic heterocycles. The fourth-order valence-corrected chi connectivity index (χ4v) is 5.37. The topological polar surface area (TPSA) is 107 Å². The Morgan fingerprint density at radius 1 is 1.16 bits per heavy atom. The molecule has 0 saturated heterocycles. The van der Waals surface area contributed by atoms with Gasteiger partial charge in [-0.2, -0.15) is 18.3 Å². The fourth-order valence-electron chi connectivity index (χ4n) is 2.94. The molecule has 0 bridgehead atoms. The highest BCUT2D eigenvalue weighted by molar-refractivity contribution is 7.99. The number of alkyl halides is 3. The molecule has 1 amide bonds. The standard InChI is InChI=1S/C20H19F3N4O3S2/c1-12-7-9-13(10-8-12)32(29,30)17-18(24)27(26-19(17)31-2)11-16(28)25-15-6-4-3-5-14(15)20(21,22)23/h3-10H,11,24H2,1-2H3,(H,25,28). The van der Waals surface area contributed by atoms with Gasteiger partial charge in [0.2, 0.25) is 15.7 Å². The molecule has 7 nitrogen and oxygen atoms in total. The first kappa shape index (κ1) is 23.7. The van der Waals surface area contributed by atoms with Crippen molar-refractivity contribution in [1.29, 1.82) is 0 Å². The molecule has 0 unspecified atom stereocenters. The molecule has 0 spiro atoms. The van der Waals surface area contributed by atoms with E-state index in [1.807, 2.05) is 6.92 Å². The highest BCUT2D eigenvalue weighted by Crippen LogP contribution is 2.35. The van der Waals surface area contributed by atoms with Gasteiger partial charge in [0.1, 0.15) is 22.3 Å². The number of nitrogen functional groups attached to an aromatic ring is 1. The number of halogens is 3. The molecule has 1 aromatic heterocycles. The monoisotopic (exact) mass is 484 g/mol. The van der Waals surface area contributed by atoms with E-state index in [1.54, 1.807) is 18.4 Å². The molecule has 0 radical (unpaired) electrons. The quantitative estimate of drug-likeness (QED) is 0.513. The molecule has 0 aliphatic carbocycles. The number of para-hydroxylation sites is 1. The molecule has 3 N–H and O–H groups in total. The first-order valence-electron chi connectivity index (χ1n) is 9.13. The van der Waals surface area contributed by atoms with E-state index in [4.69, 9.17) is 5.73 Å². The molecule has 0 aliphatic rings. The average Bonchev–Trinajstić information content (AvgIpc) is 3.03. The van der Waals surface area contributed by atoms with Crippen molar-refractivity contribution in [3.8, 4) is 0 Å². The van der Waals surface area contributed by atoms with Gasteiger partial charge >= 0.3 is 6.18 Å². The molecular formula is C20H19F3N4O3S2. The Morgan fingerprint density at radius 3 is 2.38 bits per heavy atom. The van der Waals surface area contributed by atoms with Crippen LogP contribution in [0, 0.1) is 6.92 Å². The SMILES string of the molecule is CSc1nn(CC(=O)Nc2ccccc2C(F)(F)F)c(N)c1S(=O)(=O)c1ccc(C)cc1. The number of rotatable bonds is 6. The third-order valence-electron chi connectivity index (χ3n) is 4.51. The lowest BCUT2D eigenvalue weighted by Crippen LogP contribution is -2.22. The number of thioether (sulfide) groups is 1. The Labute approximate surface area is 186 Å². The number of benzene rings is 2. The van der Waals surface area contributed by atoms with Crippen molar-refractivity contribution in [1.82, 2.24) is 9.78 Å². The molecule has 2 aromatic carbocycles. The molecule has 12 heteroatoms. The first-order chi connectivity index (χ1) is 14.9. The van der Waals surface area contributed by atoms with Crippen molar-refractivity contribution >= 4 is 39.0 Å². The number of hydrogen-bond donors (Lipinski definition) is 2. The highest BCUT2D eigenvalue weighted by Gasteiger charge is 2.34. The fraction of sp³-hybridized carbons (Fsp3) is 0.200. The third kappa shape index (κ3) is 4.75. The third-order valence-corrected chi connectivity index (χ3v) is 7.14. The van der Waals surface area contributed by atoms with E-state index in [0.29, 0.717) is 0 Å². The van der Waals surface area contributed by atoms with Gasteiger partial charge in [0, 0.05) is 0 Å². The maximum absolute atomic E-state index is 13.2. The number of nitrogens with zero attached hydrogens (tertiary/aromatic N) is 2. The van der Waals surface area contributed by atoms with Crippen LogP contribution in [0.2, 0.25) is 0 Å². The van der Waals surface area contributed by atoms with Crippen molar-refractivity contribution in [3.05, 3.63) is 59.7 Å². The van der Waals surface area contributed by atoms with Gasteiger partial charge in [0.25, 0.3) is 0 Å². The maximum atomic E-state index is 13.2. The minimum absolute atomic E-state index is 0.00760. The zero-order valence-electron chi connectivity index (χ0n) is 17.0. The second-order valence-electron chi connectivity index (χ2n) is 6.79. The van der Waals surface area contributed by atoms with Crippen LogP contribution in [-0.4, -0.2) is 30.4 Å². The lowest BCUT2D eigenvalue weighted by molar-refractivity contribution is -0.137. The van der Waals surface area contributed by atoms with Crippen molar-refractivity contribution < 1.29 is 26.4 Å². The second kappa shape index (κ2) is 8.87. The Balaban J connectivity index is 1.92. The Bertz CT molecular complexity index is 1250. The lowest BCUT2D eigenvalue weighted by atomic mass is 10.1. The van der Waals surface area contributed by atoms with Crippen molar-refractivity contribution in [3.63, 3.8) is 0 Å². The minimum Gasteiger partial charge on any atom is -0.383 e. The number of carbonyl (C=O) groups excluding carboxylic acids is 1. The predicted molar refractivity (Wildman–Crippen MR) is 115 cm³/mol. The Kier molecular flexibility index (Phi) is 6.56. The zero-order chi connectivity index (χ0) is 23.7. The first-order valence-corrected chi connectivity index (χ1v) is 11.8. The van der Waals surface area contributed by atoms with E-state index in [2.05, 4.69) is 10.4 Å². The van der Waals surface area contributed by atoms with Crippen LogP contribution in [0.4, 0.5) is 24.7 Å². The summed E-state index contributed by atoms with van der Waals surface area (Å²) in [7, 11) is -4.04. The summed E-state index contributed by atoms with van der Waals surface area (Å²) in [6.45, 7) is 1.24. The largest absolute Gasteiger partial charge is 0.418 e. The maximum Gasteiger partial charge on any atom is 0.418 e. The molecule has 32 heavy (non-hydrogen) atoms. The van der Waals surface area contributed by atoms with Crippen molar-refractivity contribution in [2.45, 2.75) is 34.5 Å². The van der Waals surface area contributed by atoms with Crippen LogP contribution in [-0.2, 0) is 27.4 Å². The van der Waals surface area contributed by atoms with Crippen LogP contribution in [0.15, 0.2) is 63.3 Å². The van der Waals surface area contributed by atoms with Gasteiger partial charge in [0.15, 0.2) is 0 Å². The van der Waals surface area contributed by atoms with Crippen LogP contribution in [0.1, 0.15) is 11.1 Å². The smallest absolute Gasteiger partial charge is 0.383 e. The van der Waals surface area contributed by atoms with E-state index in [-0.39, 0.29) is 20.6 Å². The summed E-state index contributed by atoms with van der Waals surface area (Å²) in [6.07, 6.45) is -3.06. The summed E-state index contributed by atoms with van der Waals surface area (Å²) in [5, 5.41) is 6.34. The number of hydrogen-bond acceptors (Lipinski definition) is 6. The Hall–Kier alpha value is -2.99. The Morgan fingerprint density at radius 2 is 1.78 bits per heavy atom. The van der Waals surface area contributed by atoms with Gasteiger partial charge in [-0.15, -0.1) is 11.8 Å². The van der Waals surface area contributed by atoms with Crippen LogP contribution < -0.4 is 11.1 Å². The summed E-state index contributed by atoms with van der Waals surface area (Å²) < 4.78 is 66.6. The summed E-state index contributed by atoms with van der Waals surface area (Å²) >= 11 is 1.02. The number of aromatic nitrogens is 2. The van der Waals surface area contributed by atoms with Gasteiger partial charge in [-0.3, -0.25) is 4.79 Å². The predicted octanol–water partition coefficient (Wildman–Crippen LogP) is 3.99. The number of nitrogens with one attached hydrogen (secondary N) is 1. The number of amides is 1. The van der Waals surface area contributed by atoms with E-state index < -0.39 is 39.7 Å². The molecule has 0 fully saturated rings. The molecule has 170 valence electrons. The van der Waals surface area contributed by atoms with E-state index in [9.17, 15) is 26.4 Å². The van der Waals surface area contributed by atoms with Crippen molar-refractivity contribution in [2.24, 2.45) is 0 Å². The highest BCUT2D eigenvalue weighted by atomic mass is 32.2. The number of aryl methyl sites for hydroxylation is 1. The van der Waals surface area contributed by atoms with Gasteiger partial charge in [-0.25, -0.2) is 13.1 Å². The van der Waals surface area contributed by atoms with Crippen LogP contribution >= 0.6 is 11.8 Å². The van der Waals surface area contributed by atoms with Gasteiger partial charge < -0.3 is 11.1 Å². The summed E-state index contributed by atoms with van der Waals surface area (Å²) in [5.41, 5.74) is 5.46. The number of carbonyl (C=O) groups is 1. The summed E-state index contributed by atoms with van der Waals surface area (Å²) in [6, 6.07) is 10.7. The number of nitrogens with two attached hydrogens (primary N) is 1. The molecule has 1 heterocycles. The molecular weight excluding hydrogens is 465 g/mol. The minimum atomic E-state index is -4.66. The molecule has 3 aromatic rings. The van der Waals surface area contributed by atoms with Gasteiger partial charge in [-0.1, -0.05) is 29.8 Å². The summed E-state index contributed by atoms with van der Waals surface area (Å²) in [4.78, 5) is 12.2. The molecule has 0 atom stereocenters. The number of sulfone groups is 1. The van der Waals surface area contributed by atoms with Crippen molar-refractivity contribution in [2.75, 3.05) is 17.3 Å².